The minimum Gasteiger partial charge on any atom is -0.497 e. The molecule has 1 N–H and O–H groups in total. The Balaban J connectivity index is 1.63. The molecule has 1 amide bonds. The average molecular weight is 428 g/mol. The van der Waals surface area contributed by atoms with E-state index in [4.69, 9.17) is 13.9 Å². The summed E-state index contributed by atoms with van der Waals surface area (Å²) in [5, 5.41) is 2.78. The summed E-state index contributed by atoms with van der Waals surface area (Å²) in [5.74, 6) is 0.673. The van der Waals surface area contributed by atoms with Crippen molar-refractivity contribution < 1.29 is 23.5 Å². The molecule has 0 saturated heterocycles. The van der Waals surface area contributed by atoms with Gasteiger partial charge in [-0.2, -0.15) is 0 Å². The van der Waals surface area contributed by atoms with Crippen LogP contribution in [0.25, 0.3) is 22.8 Å². The number of carbonyl (C=O) groups is 2. The Morgan fingerprint density at radius 2 is 1.56 bits per heavy atom. The van der Waals surface area contributed by atoms with Crippen LogP contribution < -0.4 is 10.1 Å². The van der Waals surface area contributed by atoms with Crippen LogP contribution in [0, 0.1) is 0 Å². The van der Waals surface area contributed by atoms with Gasteiger partial charge in [-0.3, -0.25) is 4.79 Å². The maximum atomic E-state index is 13.1. The summed E-state index contributed by atoms with van der Waals surface area (Å²) >= 11 is 0. The van der Waals surface area contributed by atoms with Gasteiger partial charge in [0.2, 0.25) is 5.89 Å². The Kier molecular flexibility index (Phi) is 5.98. The van der Waals surface area contributed by atoms with E-state index < -0.39 is 11.9 Å². The topological polar surface area (TPSA) is 90.7 Å². The van der Waals surface area contributed by atoms with Gasteiger partial charge < -0.3 is 19.2 Å². The number of nitrogens with zero attached hydrogens (tertiary/aromatic N) is 1. The fourth-order valence-corrected chi connectivity index (χ4v) is 3.22. The van der Waals surface area contributed by atoms with E-state index in [1.165, 1.54) is 7.11 Å². The molecule has 7 heteroatoms. The summed E-state index contributed by atoms with van der Waals surface area (Å²) in [6, 6.07) is 21.0. The van der Waals surface area contributed by atoms with Crippen LogP contribution in [0.4, 0.5) is 5.69 Å². The Morgan fingerprint density at radius 1 is 0.875 bits per heavy atom. The van der Waals surface area contributed by atoms with Gasteiger partial charge in [0.15, 0.2) is 5.76 Å². The Labute approximate surface area is 184 Å². The maximum Gasteiger partial charge on any atom is 0.339 e. The lowest BCUT2D eigenvalue weighted by Gasteiger charge is -2.11. The molecule has 0 radical (unpaired) electrons. The highest BCUT2D eigenvalue weighted by Gasteiger charge is 2.19. The summed E-state index contributed by atoms with van der Waals surface area (Å²) < 4.78 is 15.9. The number of ether oxygens (including phenoxy) is 2. The lowest BCUT2D eigenvalue weighted by atomic mass is 10.1. The zero-order valence-electron chi connectivity index (χ0n) is 17.5. The molecule has 32 heavy (non-hydrogen) atoms. The van der Waals surface area contributed by atoms with E-state index >= 15 is 0 Å². The number of nitrogens with one attached hydrogen (secondary N) is 1. The van der Waals surface area contributed by atoms with Crippen LogP contribution in [-0.4, -0.2) is 31.1 Å². The van der Waals surface area contributed by atoms with Crippen molar-refractivity contribution in [2.45, 2.75) is 0 Å². The molecule has 0 saturated carbocycles. The molecule has 0 spiro atoms. The number of aromatic nitrogens is 1. The summed E-state index contributed by atoms with van der Waals surface area (Å²) in [6.45, 7) is 0. The van der Waals surface area contributed by atoms with Crippen LogP contribution in [0.3, 0.4) is 0 Å². The molecular formula is C25H20N2O5. The van der Waals surface area contributed by atoms with Crippen molar-refractivity contribution in [3.05, 3.63) is 90.1 Å². The lowest BCUT2D eigenvalue weighted by Crippen LogP contribution is -2.16. The molecule has 0 fully saturated rings. The van der Waals surface area contributed by atoms with Crippen LogP contribution in [0.15, 0.2) is 83.4 Å². The van der Waals surface area contributed by atoms with E-state index in [0.717, 1.165) is 11.3 Å². The summed E-state index contributed by atoms with van der Waals surface area (Å²) in [5.41, 5.74) is 2.33. The zero-order chi connectivity index (χ0) is 22.5. The van der Waals surface area contributed by atoms with E-state index in [1.807, 2.05) is 24.3 Å². The van der Waals surface area contributed by atoms with Crippen LogP contribution in [0.2, 0.25) is 0 Å². The highest BCUT2D eigenvalue weighted by Crippen LogP contribution is 2.30. The molecule has 0 unspecified atom stereocenters. The molecule has 0 aliphatic heterocycles. The third kappa shape index (κ3) is 4.22. The predicted octanol–water partition coefficient (Wildman–Crippen LogP) is 5.06. The van der Waals surface area contributed by atoms with Gasteiger partial charge in [0.05, 0.1) is 37.2 Å². The number of esters is 1. The molecule has 7 nitrogen and oxygen atoms in total. The SMILES string of the molecule is COC(=O)c1ccccc1NC(=O)c1ccccc1-c1ncc(-c2ccc(OC)cc2)o1. The summed E-state index contributed by atoms with van der Waals surface area (Å²) in [6.07, 6.45) is 1.61. The molecule has 0 bridgehead atoms. The number of oxazole rings is 1. The van der Waals surface area contributed by atoms with Crippen LogP contribution in [0.5, 0.6) is 5.75 Å². The van der Waals surface area contributed by atoms with Crippen LogP contribution in [0.1, 0.15) is 20.7 Å². The first-order valence-corrected chi connectivity index (χ1v) is 9.79. The Morgan fingerprint density at radius 3 is 2.28 bits per heavy atom. The van der Waals surface area contributed by atoms with Gasteiger partial charge in [-0.25, -0.2) is 9.78 Å². The van der Waals surface area contributed by atoms with E-state index in [9.17, 15) is 9.59 Å². The molecule has 0 aliphatic rings. The molecule has 3 aromatic carbocycles. The van der Waals surface area contributed by atoms with Gasteiger partial charge >= 0.3 is 5.97 Å². The Bertz CT molecular complexity index is 1260. The zero-order valence-corrected chi connectivity index (χ0v) is 17.5. The van der Waals surface area contributed by atoms with E-state index in [0.29, 0.717) is 28.5 Å². The van der Waals surface area contributed by atoms with E-state index in [2.05, 4.69) is 10.3 Å². The molecule has 4 rings (SSSR count). The summed E-state index contributed by atoms with van der Waals surface area (Å²) in [7, 11) is 2.90. The van der Waals surface area contributed by atoms with Gasteiger partial charge in [-0.05, 0) is 48.5 Å². The minimum absolute atomic E-state index is 0.263. The van der Waals surface area contributed by atoms with Crippen molar-refractivity contribution in [1.82, 2.24) is 4.98 Å². The molecule has 160 valence electrons. The number of anilines is 1. The van der Waals surface area contributed by atoms with Crippen molar-refractivity contribution >= 4 is 17.6 Å². The number of rotatable bonds is 6. The molecule has 1 heterocycles. The van der Waals surface area contributed by atoms with Crippen molar-refractivity contribution in [1.29, 1.82) is 0 Å². The second-order valence-corrected chi connectivity index (χ2v) is 6.80. The van der Waals surface area contributed by atoms with Crippen molar-refractivity contribution in [3.8, 4) is 28.5 Å². The first kappa shape index (κ1) is 20.9. The van der Waals surface area contributed by atoms with Crippen LogP contribution in [-0.2, 0) is 4.74 Å². The first-order valence-electron chi connectivity index (χ1n) is 9.79. The number of hydrogen-bond donors (Lipinski definition) is 1. The van der Waals surface area contributed by atoms with Crippen molar-refractivity contribution in [2.75, 3.05) is 19.5 Å². The Hall–Kier alpha value is -4.39. The normalized spacial score (nSPS) is 10.4. The highest BCUT2D eigenvalue weighted by atomic mass is 16.5. The first-order chi connectivity index (χ1) is 15.6. The quantitative estimate of drug-likeness (QED) is 0.432. The smallest absolute Gasteiger partial charge is 0.339 e. The number of methoxy groups -OCH3 is 2. The van der Waals surface area contributed by atoms with Gasteiger partial charge in [0.1, 0.15) is 5.75 Å². The monoisotopic (exact) mass is 428 g/mol. The van der Waals surface area contributed by atoms with Gasteiger partial charge in [-0.1, -0.05) is 24.3 Å². The highest BCUT2D eigenvalue weighted by molar-refractivity contribution is 6.10. The second kappa shape index (κ2) is 9.18. The van der Waals surface area contributed by atoms with Gasteiger partial charge in [0.25, 0.3) is 5.91 Å². The average Bonchev–Trinajstić information content (AvgIpc) is 3.34. The summed E-state index contributed by atoms with van der Waals surface area (Å²) in [4.78, 5) is 29.4. The second-order valence-electron chi connectivity index (χ2n) is 6.80. The molecule has 4 aromatic rings. The predicted molar refractivity (Wildman–Crippen MR) is 120 cm³/mol. The third-order valence-electron chi connectivity index (χ3n) is 4.86. The largest absolute Gasteiger partial charge is 0.497 e. The molecular weight excluding hydrogens is 408 g/mol. The fraction of sp³-hybridized carbons (Fsp3) is 0.0800. The number of amides is 1. The number of benzene rings is 3. The maximum absolute atomic E-state index is 13.1. The number of para-hydroxylation sites is 1. The molecule has 1 aromatic heterocycles. The third-order valence-corrected chi connectivity index (χ3v) is 4.86. The number of carbonyl (C=O) groups excluding carboxylic acids is 2. The van der Waals surface area contributed by atoms with Crippen LogP contribution >= 0.6 is 0 Å². The minimum atomic E-state index is -0.536. The van der Waals surface area contributed by atoms with Gasteiger partial charge in [-0.15, -0.1) is 0 Å². The van der Waals surface area contributed by atoms with E-state index in [1.54, 1.807) is 61.8 Å². The molecule has 0 atom stereocenters. The number of hydrogen-bond acceptors (Lipinski definition) is 6. The van der Waals surface area contributed by atoms with Crippen molar-refractivity contribution in [3.63, 3.8) is 0 Å². The fourth-order valence-electron chi connectivity index (χ4n) is 3.22. The van der Waals surface area contributed by atoms with E-state index in [-0.39, 0.29) is 5.56 Å². The standard InChI is InChI=1S/C25H20N2O5/c1-30-17-13-11-16(12-14-17)22-15-26-24(32-22)19-8-4-3-7-18(19)23(28)27-21-10-6-5-9-20(21)25(29)31-2/h3-15H,1-2H3,(H,27,28). The molecule has 0 aliphatic carbocycles. The van der Waals surface area contributed by atoms with Gasteiger partial charge in [0, 0.05) is 11.1 Å². The lowest BCUT2D eigenvalue weighted by molar-refractivity contribution is 0.0602. The van der Waals surface area contributed by atoms with Crippen molar-refractivity contribution in [2.24, 2.45) is 0 Å².